The highest BCUT2D eigenvalue weighted by Crippen LogP contribution is 2.35. The van der Waals surface area contributed by atoms with Crippen LogP contribution in [0, 0.1) is 18.8 Å². The number of benzene rings is 3. The summed E-state index contributed by atoms with van der Waals surface area (Å²) >= 11 is 0. The van der Waals surface area contributed by atoms with Crippen LogP contribution < -0.4 is 14.8 Å². The van der Waals surface area contributed by atoms with Crippen molar-refractivity contribution in [2.45, 2.75) is 65.0 Å². The number of carbonyl (C=O) groups is 2. The van der Waals surface area contributed by atoms with E-state index in [-0.39, 0.29) is 23.7 Å². The van der Waals surface area contributed by atoms with Gasteiger partial charge < -0.3 is 19.9 Å². The quantitative estimate of drug-likeness (QED) is 0.246. The molecule has 2 N–H and O–H groups in total. The summed E-state index contributed by atoms with van der Waals surface area (Å²) in [6.45, 7) is 8.14. The molecule has 1 aliphatic carbocycles. The number of ether oxygens (including phenoxy) is 2. The molecule has 218 valence electrons. The molecule has 0 aliphatic heterocycles. The topological polar surface area (TPSA) is 84.9 Å². The first-order valence-electron chi connectivity index (χ1n) is 13.6. The number of allylic oxidation sites excluding steroid dienone is 1. The Kier molecular flexibility index (Phi) is 9.25. The molecule has 1 saturated carbocycles. The molecule has 0 radical (unpaired) electrons. The second kappa shape index (κ2) is 12.7. The first-order chi connectivity index (χ1) is 19.4. The Morgan fingerprint density at radius 3 is 2.46 bits per heavy atom. The standard InChI is InChI=1S/C32H34F3NO5/c1-19-4-8-24-9-12-26(30(37)36-28(31(38)39)13-7-23-15-20(2)14-21(3)16-23)29(27(24)17-19)40-18-22-5-10-25(11-6-22)41-32(33,34)35/h4-6,8-12,17,21,23,28H,2,7,13-16,18H2,1,3H3,(H,36,37)(H,38,39)/t21?,23?,28-/m0/s1. The molecule has 41 heavy (non-hydrogen) atoms. The van der Waals surface area contributed by atoms with Gasteiger partial charge in [-0.2, -0.15) is 0 Å². The van der Waals surface area contributed by atoms with E-state index in [1.807, 2.05) is 25.1 Å². The van der Waals surface area contributed by atoms with Crippen molar-refractivity contribution < 1.29 is 37.3 Å². The molecule has 1 amide bonds. The summed E-state index contributed by atoms with van der Waals surface area (Å²) < 4.78 is 47.5. The highest BCUT2D eigenvalue weighted by molar-refractivity contribution is 6.05. The molecule has 0 saturated heterocycles. The van der Waals surface area contributed by atoms with Crippen molar-refractivity contribution in [3.63, 3.8) is 0 Å². The van der Waals surface area contributed by atoms with Crippen molar-refractivity contribution in [2.24, 2.45) is 11.8 Å². The van der Waals surface area contributed by atoms with Crippen LogP contribution in [0.3, 0.4) is 0 Å². The minimum Gasteiger partial charge on any atom is -0.487 e. The van der Waals surface area contributed by atoms with Crippen molar-refractivity contribution in [3.05, 3.63) is 83.4 Å². The van der Waals surface area contributed by atoms with Gasteiger partial charge in [0.05, 0.1) is 5.56 Å². The molecule has 6 nitrogen and oxygen atoms in total. The molecule has 0 spiro atoms. The van der Waals surface area contributed by atoms with Gasteiger partial charge in [-0.25, -0.2) is 4.79 Å². The van der Waals surface area contributed by atoms with Crippen LogP contribution in [0.5, 0.6) is 11.5 Å². The SMILES string of the molecule is C=C1CC(C)CC(CC[C@H](NC(=O)c2ccc3ccc(C)cc3c2OCc2ccc(OC(F)(F)F)cc2)C(=O)O)C1. The Bertz CT molecular complexity index is 1420. The minimum atomic E-state index is -4.79. The van der Waals surface area contributed by atoms with Crippen LogP contribution in [0.15, 0.2) is 66.7 Å². The van der Waals surface area contributed by atoms with Crippen LogP contribution in [0.2, 0.25) is 0 Å². The van der Waals surface area contributed by atoms with E-state index in [2.05, 4.69) is 23.6 Å². The van der Waals surface area contributed by atoms with Crippen LogP contribution in [0.1, 0.15) is 60.5 Å². The fourth-order valence-corrected chi connectivity index (χ4v) is 5.52. The maximum Gasteiger partial charge on any atom is 0.573 e. The number of carboxylic acids is 1. The van der Waals surface area contributed by atoms with E-state index in [4.69, 9.17) is 4.74 Å². The lowest BCUT2D eigenvalue weighted by Crippen LogP contribution is -2.41. The summed E-state index contributed by atoms with van der Waals surface area (Å²) in [5, 5.41) is 14.0. The monoisotopic (exact) mass is 569 g/mol. The van der Waals surface area contributed by atoms with Crippen molar-refractivity contribution in [1.29, 1.82) is 0 Å². The molecule has 3 atom stereocenters. The molecule has 1 aliphatic rings. The largest absolute Gasteiger partial charge is 0.573 e. The maximum atomic E-state index is 13.5. The average molecular weight is 570 g/mol. The van der Waals surface area contributed by atoms with E-state index in [1.165, 1.54) is 29.8 Å². The zero-order valence-corrected chi connectivity index (χ0v) is 23.1. The number of amides is 1. The summed E-state index contributed by atoms with van der Waals surface area (Å²) in [5.74, 6) is -0.934. The molecule has 1 fully saturated rings. The lowest BCUT2D eigenvalue weighted by atomic mass is 9.77. The number of alkyl halides is 3. The first kappa shape index (κ1) is 30.0. The molecule has 0 bridgehead atoms. The van der Waals surface area contributed by atoms with E-state index >= 15 is 0 Å². The number of carbonyl (C=O) groups excluding carboxylic acids is 1. The van der Waals surface area contributed by atoms with Crippen molar-refractivity contribution in [2.75, 3.05) is 0 Å². The molecule has 9 heteroatoms. The molecule has 2 unspecified atom stereocenters. The molecular formula is C32H34F3NO5. The predicted octanol–water partition coefficient (Wildman–Crippen LogP) is 7.58. The van der Waals surface area contributed by atoms with Crippen molar-refractivity contribution >= 4 is 22.6 Å². The number of nitrogens with one attached hydrogen (secondary N) is 1. The Morgan fingerprint density at radius 1 is 1.10 bits per heavy atom. The van der Waals surface area contributed by atoms with Gasteiger partial charge in [-0.05, 0) is 86.1 Å². The number of carboxylic acid groups (broad SMARTS) is 1. The molecule has 0 aromatic heterocycles. The van der Waals surface area contributed by atoms with Gasteiger partial charge in [0.25, 0.3) is 5.91 Å². The van der Waals surface area contributed by atoms with E-state index in [0.29, 0.717) is 35.6 Å². The summed E-state index contributed by atoms with van der Waals surface area (Å²) in [6, 6.07) is 13.2. The van der Waals surface area contributed by atoms with Crippen molar-refractivity contribution in [1.82, 2.24) is 5.32 Å². The summed E-state index contributed by atoms with van der Waals surface area (Å²) in [7, 11) is 0. The summed E-state index contributed by atoms with van der Waals surface area (Å²) in [6.07, 6.45) is -0.972. The van der Waals surface area contributed by atoms with E-state index in [1.54, 1.807) is 12.1 Å². The van der Waals surface area contributed by atoms with Crippen LogP contribution in [0.4, 0.5) is 13.2 Å². The average Bonchev–Trinajstić information content (AvgIpc) is 2.88. The van der Waals surface area contributed by atoms with Gasteiger partial charge in [0.1, 0.15) is 24.1 Å². The number of aliphatic carboxylic acids is 1. The van der Waals surface area contributed by atoms with Gasteiger partial charge in [0, 0.05) is 5.39 Å². The highest BCUT2D eigenvalue weighted by Gasteiger charge is 2.31. The normalized spacial score (nSPS) is 18.1. The molecule has 0 heterocycles. The maximum absolute atomic E-state index is 13.5. The Hall–Kier alpha value is -4.01. The smallest absolute Gasteiger partial charge is 0.487 e. The van der Waals surface area contributed by atoms with Crippen LogP contribution in [-0.4, -0.2) is 29.4 Å². The van der Waals surface area contributed by atoms with E-state index < -0.39 is 24.3 Å². The molecule has 3 aromatic rings. The van der Waals surface area contributed by atoms with Gasteiger partial charge in [0.2, 0.25) is 0 Å². The van der Waals surface area contributed by atoms with E-state index in [0.717, 1.165) is 30.2 Å². The van der Waals surface area contributed by atoms with Crippen LogP contribution in [0.25, 0.3) is 10.8 Å². The summed E-state index contributed by atoms with van der Waals surface area (Å²) in [5.41, 5.74) is 2.84. The molecular weight excluding hydrogens is 535 g/mol. The van der Waals surface area contributed by atoms with Crippen LogP contribution in [-0.2, 0) is 11.4 Å². The number of rotatable bonds is 10. The van der Waals surface area contributed by atoms with Gasteiger partial charge in [-0.1, -0.05) is 55.0 Å². The second-order valence-corrected chi connectivity index (χ2v) is 11.0. The van der Waals surface area contributed by atoms with Gasteiger partial charge in [-0.15, -0.1) is 13.2 Å². The Morgan fingerprint density at radius 2 is 1.80 bits per heavy atom. The Labute approximate surface area is 237 Å². The minimum absolute atomic E-state index is 0.0360. The van der Waals surface area contributed by atoms with Gasteiger partial charge in [0.15, 0.2) is 0 Å². The highest BCUT2D eigenvalue weighted by atomic mass is 19.4. The lowest BCUT2D eigenvalue weighted by molar-refractivity contribution is -0.274. The molecule has 3 aromatic carbocycles. The zero-order chi connectivity index (χ0) is 29.7. The fraction of sp³-hybridized carbons (Fsp3) is 0.375. The predicted molar refractivity (Wildman–Crippen MR) is 150 cm³/mol. The first-order valence-corrected chi connectivity index (χ1v) is 13.6. The second-order valence-electron chi connectivity index (χ2n) is 11.0. The number of aryl methyl sites for hydroxylation is 1. The number of halogens is 3. The van der Waals surface area contributed by atoms with Crippen LogP contribution >= 0.6 is 0 Å². The number of fused-ring (bicyclic) bond motifs is 1. The third kappa shape index (κ3) is 8.25. The van der Waals surface area contributed by atoms with Gasteiger partial charge in [-0.3, -0.25) is 4.79 Å². The van der Waals surface area contributed by atoms with E-state index in [9.17, 15) is 27.9 Å². The molecule has 4 rings (SSSR count). The zero-order valence-electron chi connectivity index (χ0n) is 23.1. The third-order valence-corrected chi connectivity index (χ3v) is 7.33. The fourth-order valence-electron chi connectivity index (χ4n) is 5.52. The number of hydrogen-bond acceptors (Lipinski definition) is 4. The third-order valence-electron chi connectivity index (χ3n) is 7.33. The summed E-state index contributed by atoms with van der Waals surface area (Å²) in [4.78, 5) is 25.6. The van der Waals surface area contributed by atoms with Gasteiger partial charge >= 0.3 is 12.3 Å². The number of hydrogen-bond donors (Lipinski definition) is 2. The Balaban J connectivity index is 1.53. The van der Waals surface area contributed by atoms with Crippen molar-refractivity contribution in [3.8, 4) is 11.5 Å². The lowest BCUT2D eigenvalue weighted by Gasteiger charge is -2.29.